The Hall–Kier alpha value is -3.70. The molecule has 0 spiro atoms. The van der Waals surface area contributed by atoms with Crippen molar-refractivity contribution >= 4 is 22.5 Å². The predicted molar refractivity (Wildman–Crippen MR) is 133 cm³/mol. The molecule has 0 radical (unpaired) electrons. The number of hydrogen-bond acceptors (Lipinski definition) is 4. The lowest BCUT2D eigenvalue weighted by Gasteiger charge is -2.29. The van der Waals surface area contributed by atoms with E-state index in [4.69, 9.17) is 4.74 Å². The molecule has 166 valence electrons. The Morgan fingerprint density at radius 2 is 1.61 bits per heavy atom. The zero-order valence-electron chi connectivity index (χ0n) is 18.7. The second-order valence-corrected chi connectivity index (χ2v) is 8.59. The summed E-state index contributed by atoms with van der Waals surface area (Å²) in [6, 6.07) is 25.7. The SMILES string of the molecule is CN1CCC(Oc2ccc(-c3ccc(NC(=O)c4cnc5ccccc5c4)cc3)cc2)CC1. The molecule has 1 N–H and O–H groups in total. The zero-order valence-corrected chi connectivity index (χ0v) is 18.7. The highest BCUT2D eigenvalue weighted by atomic mass is 16.5. The van der Waals surface area contributed by atoms with Crippen LogP contribution in [0.3, 0.4) is 0 Å². The van der Waals surface area contributed by atoms with Crippen molar-refractivity contribution in [2.45, 2.75) is 18.9 Å². The minimum Gasteiger partial charge on any atom is -0.490 e. The number of ether oxygens (including phenoxy) is 1. The van der Waals surface area contributed by atoms with Crippen LogP contribution in [0.1, 0.15) is 23.2 Å². The van der Waals surface area contributed by atoms with Gasteiger partial charge in [0.1, 0.15) is 11.9 Å². The first kappa shape index (κ1) is 21.2. The summed E-state index contributed by atoms with van der Waals surface area (Å²) in [7, 11) is 2.16. The third kappa shape index (κ3) is 5.04. The molecule has 0 bridgehead atoms. The number of amides is 1. The lowest BCUT2D eigenvalue weighted by molar-refractivity contribution is 0.102. The first-order valence-electron chi connectivity index (χ1n) is 11.4. The molecule has 0 aliphatic carbocycles. The van der Waals surface area contributed by atoms with Gasteiger partial charge in [-0.15, -0.1) is 0 Å². The minimum absolute atomic E-state index is 0.170. The van der Waals surface area contributed by atoms with Gasteiger partial charge in [-0.1, -0.05) is 42.5 Å². The van der Waals surface area contributed by atoms with Crippen LogP contribution in [0.15, 0.2) is 85.1 Å². The van der Waals surface area contributed by atoms with E-state index in [0.717, 1.165) is 59.4 Å². The Bertz CT molecular complexity index is 1240. The van der Waals surface area contributed by atoms with Gasteiger partial charge < -0.3 is 15.0 Å². The van der Waals surface area contributed by atoms with Crippen molar-refractivity contribution in [1.82, 2.24) is 9.88 Å². The molecule has 3 aromatic carbocycles. The molecular formula is C28H27N3O2. The highest BCUT2D eigenvalue weighted by Crippen LogP contribution is 2.26. The lowest BCUT2D eigenvalue weighted by atomic mass is 10.0. The van der Waals surface area contributed by atoms with Crippen molar-refractivity contribution in [3.63, 3.8) is 0 Å². The van der Waals surface area contributed by atoms with E-state index in [9.17, 15) is 4.79 Å². The van der Waals surface area contributed by atoms with Crippen LogP contribution < -0.4 is 10.1 Å². The molecule has 1 aromatic heterocycles. The highest BCUT2D eigenvalue weighted by molar-refractivity contribution is 6.05. The molecule has 0 saturated carbocycles. The Morgan fingerprint density at radius 3 is 2.33 bits per heavy atom. The van der Waals surface area contributed by atoms with Gasteiger partial charge in [-0.2, -0.15) is 0 Å². The van der Waals surface area contributed by atoms with Crippen LogP contribution in [0, 0.1) is 0 Å². The third-order valence-electron chi connectivity index (χ3n) is 6.15. The van der Waals surface area contributed by atoms with E-state index in [1.165, 1.54) is 0 Å². The molecule has 5 nitrogen and oxygen atoms in total. The third-order valence-corrected chi connectivity index (χ3v) is 6.15. The van der Waals surface area contributed by atoms with Gasteiger partial charge in [0.25, 0.3) is 5.91 Å². The van der Waals surface area contributed by atoms with Gasteiger partial charge in [0.05, 0.1) is 11.1 Å². The summed E-state index contributed by atoms with van der Waals surface area (Å²) in [6.07, 6.45) is 4.05. The van der Waals surface area contributed by atoms with Crippen molar-refractivity contribution in [3.8, 4) is 16.9 Å². The number of piperidine rings is 1. The molecule has 33 heavy (non-hydrogen) atoms. The van der Waals surface area contributed by atoms with Crippen LogP contribution in [-0.4, -0.2) is 42.0 Å². The molecule has 0 unspecified atom stereocenters. The summed E-state index contributed by atoms with van der Waals surface area (Å²) >= 11 is 0. The van der Waals surface area contributed by atoms with Gasteiger partial charge in [0, 0.05) is 30.4 Å². The first-order valence-corrected chi connectivity index (χ1v) is 11.4. The second-order valence-electron chi connectivity index (χ2n) is 8.59. The number of anilines is 1. The van der Waals surface area contributed by atoms with Crippen molar-refractivity contribution in [1.29, 1.82) is 0 Å². The number of nitrogens with one attached hydrogen (secondary N) is 1. The van der Waals surface area contributed by atoms with E-state index >= 15 is 0 Å². The van der Waals surface area contributed by atoms with Crippen LogP contribution in [-0.2, 0) is 0 Å². The topological polar surface area (TPSA) is 54.5 Å². The van der Waals surface area contributed by atoms with E-state index in [1.807, 2.05) is 66.7 Å². The van der Waals surface area contributed by atoms with E-state index in [0.29, 0.717) is 11.7 Å². The molecule has 5 rings (SSSR count). The van der Waals surface area contributed by atoms with Crippen LogP contribution in [0.25, 0.3) is 22.0 Å². The first-order chi connectivity index (χ1) is 16.1. The normalized spacial score (nSPS) is 14.8. The second kappa shape index (κ2) is 9.43. The fourth-order valence-corrected chi connectivity index (χ4v) is 4.17. The maximum absolute atomic E-state index is 12.7. The van der Waals surface area contributed by atoms with Crippen LogP contribution in [0.5, 0.6) is 5.75 Å². The minimum atomic E-state index is -0.170. The number of nitrogens with zero attached hydrogens (tertiary/aromatic N) is 2. The number of benzene rings is 3. The number of pyridine rings is 1. The number of aromatic nitrogens is 1. The van der Waals surface area contributed by atoms with Crippen molar-refractivity contribution in [2.75, 3.05) is 25.5 Å². The molecule has 1 amide bonds. The van der Waals surface area contributed by atoms with Crippen LogP contribution >= 0.6 is 0 Å². The fourth-order valence-electron chi connectivity index (χ4n) is 4.17. The summed E-state index contributed by atoms with van der Waals surface area (Å²) in [4.78, 5) is 19.4. The monoisotopic (exact) mass is 437 g/mol. The predicted octanol–water partition coefficient (Wildman–Crippen LogP) is 5.63. The molecule has 0 atom stereocenters. The average molecular weight is 438 g/mol. The summed E-state index contributed by atoms with van der Waals surface area (Å²) in [5, 5.41) is 3.90. The Morgan fingerprint density at radius 1 is 0.939 bits per heavy atom. The maximum atomic E-state index is 12.7. The smallest absolute Gasteiger partial charge is 0.257 e. The Kier molecular flexibility index (Phi) is 6.05. The highest BCUT2D eigenvalue weighted by Gasteiger charge is 2.18. The number of carbonyl (C=O) groups excluding carboxylic acids is 1. The van der Waals surface area contributed by atoms with Crippen molar-refractivity contribution < 1.29 is 9.53 Å². The number of hydrogen-bond donors (Lipinski definition) is 1. The van der Waals surface area contributed by atoms with Gasteiger partial charge in [-0.3, -0.25) is 9.78 Å². The molecule has 1 aliphatic rings. The van der Waals surface area contributed by atoms with Gasteiger partial charge in [0.2, 0.25) is 0 Å². The van der Waals surface area contributed by atoms with E-state index in [2.05, 4.69) is 34.4 Å². The quantitative estimate of drug-likeness (QED) is 0.440. The Balaban J connectivity index is 1.22. The molecule has 2 heterocycles. The number of fused-ring (bicyclic) bond motifs is 1. The molecule has 5 heteroatoms. The molecule has 4 aromatic rings. The van der Waals surface area contributed by atoms with Crippen molar-refractivity contribution in [3.05, 3.63) is 90.6 Å². The number of para-hydroxylation sites is 1. The summed E-state index contributed by atoms with van der Waals surface area (Å²) in [6.45, 7) is 2.17. The van der Waals surface area contributed by atoms with E-state index < -0.39 is 0 Å². The standard InChI is InChI=1S/C28H27N3O2/c1-31-16-14-26(15-17-31)33-25-12-8-21(9-13-25)20-6-10-24(11-7-20)30-28(32)23-18-22-4-2-3-5-27(22)29-19-23/h2-13,18-19,26H,14-17H2,1H3,(H,30,32). The van der Waals surface area contributed by atoms with Crippen LogP contribution in [0.2, 0.25) is 0 Å². The summed E-state index contributed by atoms with van der Waals surface area (Å²) < 4.78 is 6.15. The molecule has 1 fully saturated rings. The number of rotatable bonds is 5. The molecular weight excluding hydrogens is 410 g/mol. The zero-order chi connectivity index (χ0) is 22.6. The van der Waals surface area contributed by atoms with Crippen molar-refractivity contribution in [2.24, 2.45) is 0 Å². The largest absolute Gasteiger partial charge is 0.490 e. The lowest BCUT2D eigenvalue weighted by Crippen LogP contribution is -2.35. The van der Waals surface area contributed by atoms with Crippen LogP contribution in [0.4, 0.5) is 5.69 Å². The summed E-state index contributed by atoms with van der Waals surface area (Å²) in [5.41, 5.74) is 4.37. The van der Waals surface area contributed by atoms with Gasteiger partial charge in [-0.25, -0.2) is 0 Å². The fraction of sp³-hybridized carbons (Fsp3) is 0.214. The maximum Gasteiger partial charge on any atom is 0.257 e. The Labute approximate surface area is 194 Å². The van der Waals surface area contributed by atoms with E-state index in [-0.39, 0.29) is 5.91 Å². The van der Waals surface area contributed by atoms with Gasteiger partial charge in [0.15, 0.2) is 0 Å². The summed E-state index contributed by atoms with van der Waals surface area (Å²) in [5.74, 6) is 0.748. The molecule has 1 aliphatic heterocycles. The van der Waals surface area contributed by atoms with Gasteiger partial charge >= 0.3 is 0 Å². The molecule has 1 saturated heterocycles. The van der Waals surface area contributed by atoms with Gasteiger partial charge in [-0.05, 0) is 67.4 Å². The number of carbonyl (C=O) groups is 1. The average Bonchev–Trinajstić information content (AvgIpc) is 2.86. The number of likely N-dealkylation sites (tertiary alicyclic amines) is 1. The van der Waals surface area contributed by atoms with E-state index in [1.54, 1.807) is 6.20 Å².